The van der Waals surface area contributed by atoms with Crippen molar-refractivity contribution in [1.82, 2.24) is 19.7 Å². The summed E-state index contributed by atoms with van der Waals surface area (Å²) in [5.41, 5.74) is 0.779. The molecular weight excluding hydrogens is 383 g/mol. The fourth-order valence-corrected chi connectivity index (χ4v) is 4.31. The van der Waals surface area contributed by atoms with E-state index in [9.17, 15) is 8.42 Å². The molecule has 0 spiro atoms. The van der Waals surface area contributed by atoms with E-state index >= 15 is 0 Å². The number of nitrogens with one attached hydrogen (secondary N) is 1. The van der Waals surface area contributed by atoms with Crippen LogP contribution < -0.4 is 4.72 Å². The molecule has 0 saturated heterocycles. The van der Waals surface area contributed by atoms with Gasteiger partial charge in [0.05, 0.1) is 30.0 Å². The Labute approximate surface area is 155 Å². The van der Waals surface area contributed by atoms with Crippen molar-refractivity contribution < 1.29 is 8.42 Å². The van der Waals surface area contributed by atoms with Crippen LogP contribution in [0, 0.1) is 0 Å². The molecule has 25 heavy (non-hydrogen) atoms. The second kappa shape index (κ2) is 7.53. The summed E-state index contributed by atoms with van der Waals surface area (Å²) in [6.07, 6.45) is 3.06. The predicted octanol–water partition coefficient (Wildman–Crippen LogP) is 3.30. The molecule has 1 aromatic heterocycles. The molecule has 1 unspecified atom stereocenters. The summed E-state index contributed by atoms with van der Waals surface area (Å²) in [6, 6.07) is 12.9. The van der Waals surface area contributed by atoms with Gasteiger partial charge in [0.1, 0.15) is 4.90 Å². The van der Waals surface area contributed by atoms with Crippen LogP contribution in [0.1, 0.15) is 11.6 Å². The fraction of sp³-hybridized carbons (Fsp3) is 0.125. The van der Waals surface area contributed by atoms with E-state index in [-0.39, 0.29) is 21.5 Å². The average Bonchev–Trinajstić information content (AvgIpc) is 3.10. The van der Waals surface area contributed by atoms with Gasteiger partial charge < -0.3 is 0 Å². The SMILES string of the molecule is O=S(=O)(NC(Cn1nccn1)c1ccccc1)c1cc(Cl)ccc1Cl. The van der Waals surface area contributed by atoms with E-state index in [0.717, 1.165) is 5.56 Å². The smallest absolute Gasteiger partial charge is 0.207 e. The van der Waals surface area contributed by atoms with Gasteiger partial charge in [0.25, 0.3) is 0 Å². The Hall–Kier alpha value is -1.93. The molecule has 0 bridgehead atoms. The molecule has 0 amide bonds. The first-order valence-corrected chi connectivity index (χ1v) is 9.56. The third kappa shape index (κ3) is 4.38. The molecular formula is C16H14Cl2N4O2S. The normalized spacial score (nSPS) is 12.9. The standard InChI is InChI=1S/C16H14Cl2N4O2S/c17-13-6-7-14(18)16(10-13)25(23,24)21-15(11-22-19-8-9-20-22)12-4-2-1-3-5-12/h1-10,15,21H,11H2. The molecule has 9 heteroatoms. The zero-order valence-electron chi connectivity index (χ0n) is 12.9. The van der Waals surface area contributed by atoms with Crippen LogP contribution in [0.2, 0.25) is 10.0 Å². The van der Waals surface area contributed by atoms with Crippen molar-refractivity contribution in [3.8, 4) is 0 Å². The van der Waals surface area contributed by atoms with Crippen LogP contribution in [-0.2, 0) is 16.6 Å². The van der Waals surface area contributed by atoms with Gasteiger partial charge in [-0.15, -0.1) is 0 Å². The Morgan fingerprint density at radius 2 is 1.72 bits per heavy atom. The van der Waals surface area contributed by atoms with Crippen LogP contribution in [0.5, 0.6) is 0 Å². The maximum atomic E-state index is 12.8. The minimum absolute atomic E-state index is 0.0731. The maximum absolute atomic E-state index is 12.8. The Balaban J connectivity index is 1.95. The van der Waals surface area contributed by atoms with Gasteiger partial charge in [0.2, 0.25) is 10.0 Å². The van der Waals surface area contributed by atoms with Gasteiger partial charge >= 0.3 is 0 Å². The molecule has 1 atom stereocenters. The van der Waals surface area contributed by atoms with Gasteiger partial charge in [-0.3, -0.25) is 0 Å². The maximum Gasteiger partial charge on any atom is 0.242 e. The molecule has 0 aliphatic rings. The molecule has 3 rings (SSSR count). The minimum atomic E-state index is -3.90. The van der Waals surface area contributed by atoms with Crippen molar-refractivity contribution in [1.29, 1.82) is 0 Å². The van der Waals surface area contributed by atoms with Crippen LogP contribution in [0.3, 0.4) is 0 Å². The van der Waals surface area contributed by atoms with Crippen LogP contribution in [0.25, 0.3) is 0 Å². The number of rotatable bonds is 6. The number of halogens is 2. The Kier molecular flexibility index (Phi) is 5.39. The van der Waals surface area contributed by atoms with Gasteiger partial charge in [-0.1, -0.05) is 53.5 Å². The number of benzene rings is 2. The van der Waals surface area contributed by atoms with E-state index in [2.05, 4.69) is 14.9 Å². The van der Waals surface area contributed by atoms with Gasteiger partial charge in [-0.05, 0) is 23.8 Å². The van der Waals surface area contributed by atoms with Crippen LogP contribution >= 0.6 is 23.2 Å². The molecule has 1 heterocycles. The summed E-state index contributed by atoms with van der Waals surface area (Å²) in [6.45, 7) is 0.231. The summed E-state index contributed by atoms with van der Waals surface area (Å²) in [5.74, 6) is 0. The highest BCUT2D eigenvalue weighted by molar-refractivity contribution is 7.89. The van der Waals surface area contributed by atoms with Crippen molar-refractivity contribution >= 4 is 33.2 Å². The number of hydrogen-bond donors (Lipinski definition) is 1. The number of nitrogens with zero attached hydrogens (tertiary/aromatic N) is 3. The molecule has 0 saturated carbocycles. The third-order valence-corrected chi connectivity index (χ3v) is 5.68. The largest absolute Gasteiger partial charge is 0.242 e. The monoisotopic (exact) mass is 396 g/mol. The number of hydrogen-bond acceptors (Lipinski definition) is 4. The Bertz CT molecular complexity index is 948. The second-order valence-electron chi connectivity index (χ2n) is 5.24. The van der Waals surface area contributed by atoms with Gasteiger partial charge in [-0.2, -0.15) is 15.0 Å². The number of sulfonamides is 1. The first kappa shape index (κ1) is 17.9. The molecule has 0 fully saturated rings. The Morgan fingerprint density at radius 3 is 2.40 bits per heavy atom. The van der Waals surface area contributed by atoms with Crippen molar-refractivity contribution in [3.63, 3.8) is 0 Å². The second-order valence-corrected chi connectivity index (χ2v) is 7.77. The van der Waals surface area contributed by atoms with E-state index in [1.807, 2.05) is 30.3 Å². The predicted molar refractivity (Wildman–Crippen MR) is 96.0 cm³/mol. The first-order chi connectivity index (χ1) is 12.0. The lowest BCUT2D eigenvalue weighted by atomic mass is 10.1. The number of aromatic nitrogens is 3. The van der Waals surface area contributed by atoms with E-state index in [1.54, 1.807) is 0 Å². The molecule has 6 nitrogen and oxygen atoms in total. The van der Waals surface area contributed by atoms with Crippen LogP contribution in [0.4, 0.5) is 0 Å². The van der Waals surface area contributed by atoms with Gasteiger partial charge in [0, 0.05) is 5.02 Å². The lowest BCUT2D eigenvalue weighted by molar-refractivity contribution is 0.444. The summed E-state index contributed by atoms with van der Waals surface area (Å²) in [4.78, 5) is 1.34. The highest BCUT2D eigenvalue weighted by Gasteiger charge is 2.24. The van der Waals surface area contributed by atoms with E-state index in [1.165, 1.54) is 35.4 Å². The third-order valence-electron chi connectivity index (χ3n) is 3.49. The van der Waals surface area contributed by atoms with Crippen LogP contribution in [0.15, 0.2) is 65.8 Å². The molecule has 130 valence electrons. The summed E-state index contributed by atoms with van der Waals surface area (Å²) in [5, 5.41) is 8.46. The molecule has 0 aliphatic carbocycles. The van der Waals surface area contributed by atoms with Crippen molar-refractivity contribution in [2.24, 2.45) is 0 Å². The van der Waals surface area contributed by atoms with Gasteiger partial charge in [-0.25, -0.2) is 13.1 Å². The fourth-order valence-electron chi connectivity index (χ4n) is 2.33. The lowest BCUT2D eigenvalue weighted by Crippen LogP contribution is -2.32. The van der Waals surface area contributed by atoms with Gasteiger partial charge in [0.15, 0.2) is 0 Å². The highest BCUT2D eigenvalue weighted by Crippen LogP contribution is 2.27. The van der Waals surface area contributed by atoms with Crippen LogP contribution in [-0.4, -0.2) is 23.4 Å². The summed E-state index contributed by atoms with van der Waals surface area (Å²) < 4.78 is 28.3. The molecule has 1 N–H and O–H groups in total. The first-order valence-electron chi connectivity index (χ1n) is 7.32. The molecule has 2 aromatic carbocycles. The molecule has 0 radical (unpaired) electrons. The molecule has 0 aliphatic heterocycles. The zero-order valence-corrected chi connectivity index (χ0v) is 15.2. The van der Waals surface area contributed by atoms with Crippen molar-refractivity contribution in [2.75, 3.05) is 0 Å². The summed E-state index contributed by atoms with van der Waals surface area (Å²) >= 11 is 12.0. The zero-order chi connectivity index (χ0) is 17.9. The lowest BCUT2D eigenvalue weighted by Gasteiger charge is -2.19. The summed E-state index contributed by atoms with van der Waals surface area (Å²) in [7, 11) is -3.90. The minimum Gasteiger partial charge on any atom is -0.207 e. The molecule has 3 aromatic rings. The van der Waals surface area contributed by atoms with E-state index < -0.39 is 16.1 Å². The topological polar surface area (TPSA) is 76.9 Å². The van der Waals surface area contributed by atoms with Crippen molar-refractivity contribution in [2.45, 2.75) is 17.5 Å². The quantitative estimate of drug-likeness (QED) is 0.693. The van der Waals surface area contributed by atoms with E-state index in [4.69, 9.17) is 23.2 Å². The Morgan fingerprint density at radius 1 is 1.04 bits per heavy atom. The average molecular weight is 397 g/mol. The highest BCUT2D eigenvalue weighted by atomic mass is 35.5. The van der Waals surface area contributed by atoms with E-state index in [0.29, 0.717) is 0 Å². The van der Waals surface area contributed by atoms with Crippen molar-refractivity contribution in [3.05, 3.63) is 76.5 Å².